The topological polar surface area (TPSA) is 51.4 Å². The Hall–Kier alpha value is -1.13. The Morgan fingerprint density at radius 2 is 1.83 bits per heavy atom. The summed E-state index contributed by atoms with van der Waals surface area (Å²) in [5, 5.41) is 0. The SMILES string of the molecule is CC(C)(C)OC(C)(C)CCC(c1cccnc1N)N1CCCCC1. The molecule has 4 heteroatoms. The highest BCUT2D eigenvalue weighted by Gasteiger charge is 2.30. The summed E-state index contributed by atoms with van der Waals surface area (Å²) in [5.41, 5.74) is 7.10. The number of hydrogen-bond acceptors (Lipinski definition) is 4. The number of likely N-dealkylation sites (tertiary alicyclic amines) is 1. The second kappa shape index (κ2) is 7.83. The lowest BCUT2D eigenvalue weighted by atomic mass is 9.92. The smallest absolute Gasteiger partial charge is 0.128 e. The average molecular weight is 334 g/mol. The van der Waals surface area contributed by atoms with Crippen LogP contribution in [0, 0.1) is 0 Å². The summed E-state index contributed by atoms with van der Waals surface area (Å²) in [4.78, 5) is 6.91. The molecule has 2 rings (SSSR count). The molecule has 24 heavy (non-hydrogen) atoms. The maximum absolute atomic E-state index is 6.26. The van der Waals surface area contributed by atoms with E-state index in [0.29, 0.717) is 11.9 Å². The molecule has 1 saturated heterocycles. The largest absolute Gasteiger partial charge is 0.383 e. The second-order valence-corrected chi connectivity index (χ2v) is 8.60. The molecule has 0 saturated carbocycles. The van der Waals surface area contributed by atoms with E-state index in [0.717, 1.165) is 25.9 Å². The minimum atomic E-state index is -0.150. The van der Waals surface area contributed by atoms with E-state index < -0.39 is 0 Å². The van der Waals surface area contributed by atoms with Gasteiger partial charge in [0.25, 0.3) is 0 Å². The average Bonchev–Trinajstić information content (AvgIpc) is 2.48. The van der Waals surface area contributed by atoms with Gasteiger partial charge < -0.3 is 10.5 Å². The molecule has 0 bridgehead atoms. The van der Waals surface area contributed by atoms with Crippen molar-refractivity contribution >= 4 is 5.82 Å². The molecule has 0 aromatic carbocycles. The molecule has 1 aromatic heterocycles. The summed E-state index contributed by atoms with van der Waals surface area (Å²) in [6.45, 7) is 13.1. The van der Waals surface area contributed by atoms with Crippen LogP contribution in [0.25, 0.3) is 0 Å². The molecule has 1 atom stereocenters. The lowest BCUT2D eigenvalue weighted by molar-refractivity contribution is -0.118. The standard InChI is InChI=1S/C20H35N3O/c1-19(2,3)24-20(4,5)12-11-17(23-14-7-6-8-15-23)16-10-9-13-22-18(16)21/h9-10,13,17H,6-8,11-12,14-15H2,1-5H3,(H2,21,22). The number of rotatable bonds is 6. The van der Waals surface area contributed by atoms with Crippen LogP contribution in [0.2, 0.25) is 0 Å². The Kier molecular flexibility index (Phi) is 6.27. The zero-order chi connectivity index (χ0) is 17.8. The number of anilines is 1. The first-order chi connectivity index (χ1) is 11.2. The van der Waals surface area contributed by atoms with Gasteiger partial charge in [-0.2, -0.15) is 0 Å². The van der Waals surface area contributed by atoms with Crippen molar-refractivity contribution in [3.05, 3.63) is 23.9 Å². The molecule has 1 fully saturated rings. The molecule has 2 heterocycles. The van der Waals surface area contributed by atoms with Crippen molar-refractivity contribution in [1.29, 1.82) is 0 Å². The van der Waals surface area contributed by atoms with Crippen LogP contribution in [0.1, 0.15) is 78.3 Å². The molecule has 0 aliphatic carbocycles. The minimum Gasteiger partial charge on any atom is -0.383 e. The van der Waals surface area contributed by atoms with E-state index in [1.165, 1.54) is 24.8 Å². The van der Waals surface area contributed by atoms with Crippen molar-refractivity contribution in [2.75, 3.05) is 18.8 Å². The number of hydrogen-bond donors (Lipinski definition) is 1. The van der Waals surface area contributed by atoms with Crippen LogP contribution < -0.4 is 5.73 Å². The third-order valence-electron chi connectivity index (χ3n) is 4.66. The van der Waals surface area contributed by atoms with Gasteiger partial charge in [0.2, 0.25) is 0 Å². The highest BCUT2D eigenvalue weighted by Crippen LogP contribution is 2.34. The zero-order valence-electron chi connectivity index (χ0n) is 16.1. The van der Waals surface area contributed by atoms with E-state index in [9.17, 15) is 0 Å². The van der Waals surface area contributed by atoms with E-state index in [1.54, 1.807) is 6.20 Å². The monoisotopic (exact) mass is 333 g/mol. The van der Waals surface area contributed by atoms with Gasteiger partial charge in [0, 0.05) is 17.8 Å². The fraction of sp³-hybridized carbons (Fsp3) is 0.750. The third kappa shape index (κ3) is 5.75. The summed E-state index contributed by atoms with van der Waals surface area (Å²) in [6, 6.07) is 4.47. The molecule has 1 aliphatic heterocycles. The number of nitrogens with two attached hydrogens (primary N) is 1. The number of nitrogen functional groups attached to an aromatic ring is 1. The summed E-state index contributed by atoms with van der Waals surface area (Å²) in [6.07, 6.45) is 7.71. The molecule has 1 aliphatic rings. The number of ether oxygens (including phenoxy) is 1. The maximum Gasteiger partial charge on any atom is 0.128 e. The lowest BCUT2D eigenvalue weighted by Crippen LogP contribution is -2.38. The van der Waals surface area contributed by atoms with Crippen molar-refractivity contribution in [2.24, 2.45) is 0 Å². The van der Waals surface area contributed by atoms with Gasteiger partial charge in [-0.25, -0.2) is 4.98 Å². The van der Waals surface area contributed by atoms with Crippen molar-refractivity contribution in [2.45, 2.75) is 84.0 Å². The van der Waals surface area contributed by atoms with Gasteiger partial charge >= 0.3 is 0 Å². The van der Waals surface area contributed by atoms with Crippen LogP contribution in [-0.2, 0) is 4.74 Å². The van der Waals surface area contributed by atoms with Crippen molar-refractivity contribution in [1.82, 2.24) is 9.88 Å². The van der Waals surface area contributed by atoms with Gasteiger partial charge in [0.15, 0.2) is 0 Å². The summed E-state index contributed by atoms with van der Waals surface area (Å²) >= 11 is 0. The fourth-order valence-electron chi connectivity index (χ4n) is 3.84. The molecule has 0 amide bonds. The predicted octanol–water partition coefficient (Wildman–Crippen LogP) is 4.56. The van der Waals surface area contributed by atoms with Gasteiger partial charge in [-0.3, -0.25) is 4.90 Å². The zero-order valence-corrected chi connectivity index (χ0v) is 16.1. The normalized spacial score (nSPS) is 18.5. The summed E-state index contributed by atoms with van der Waals surface area (Å²) < 4.78 is 6.26. The van der Waals surface area contributed by atoms with Crippen LogP contribution in [0.5, 0.6) is 0 Å². The molecule has 1 aromatic rings. The van der Waals surface area contributed by atoms with Gasteiger partial charge in [0.05, 0.1) is 11.2 Å². The number of pyridine rings is 1. The number of piperidine rings is 1. The van der Waals surface area contributed by atoms with E-state index >= 15 is 0 Å². The second-order valence-electron chi connectivity index (χ2n) is 8.60. The van der Waals surface area contributed by atoms with Crippen molar-refractivity contribution in [3.63, 3.8) is 0 Å². The quantitative estimate of drug-likeness (QED) is 0.829. The first-order valence-electron chi connectivity index (χ1n) is 9.33. The van der Waals surface area contributed by atoms with E-state index in [1.807, 2.05) is 6.07 Å². The predicted molar refractivity (Wildman–Crippen MR) is 101 cm³/mol. The third-order valence-corrected chi connectivity index (χ3v) is 4.66. The minimum absolute atomic E-state index is 0.128. The molecular weight excluding hydrogens is 298 g/mol. The van der Waals surface area contributed by atoms with Crippen LogP contribution in [0.15, 0.2) is 18.3 Å². The molecular formula is C20H35N3O. The molecule has 1 unspecified atom stereocenters. The van der Waals surface area contributed by atoms with E-state index in [4.69, 9.17) is 10.5 Å². The first-order valence-corrected chi connectivity index (χ1v) is 9.33. The van der Waals surface area contributed by atoms with E-state index in [2.05, 4.69) is 50.6 Å². The van der Waals surface area contributed by atoms with Crippen LogP contribution in [0.4, 0.5) is 5.82 Å². The van der Waals surface area contributed by atoms with Crippen LogP contribution in [-0.4, -0.2) is 34.2 Å². The van der Waals surface area contributed by atoms with Gasteiger partial charge in [0.1, 0.15) is 5.82 Å². The summed E-state index contributed by atoms with van der Waals surface area (Å²) in [5.74, 6) is 0.669. The van der Waals surface area contributed by atoms with Crippen molar-refractivity contribution < 1.29 is 4.74 Å². The van der Waals surface area contributed by atoms with Crippen molar-refractivity contribution in [3.8, 4) is 0 Å². The van der Waals surface area contributed by atoms with Gasteiger partial charge in [-0.1, -0.05) is 12.5 Å². The fourth-order valence-corrected chi connectivity index (χ4v) is 3.84. The lowest BCUT2D eigenvalue weighted by Gasteiger charge is -2.38. The Morgan fingerprint density at radius 3 is 2.42 bits per heavy atom. The highest BCUT2D eigenvalue weighted by molar-refractivity contribution is 5.41. The Balaban J connectivity index is 2.13. The maximum atomic E-state index is 6.26. The Bertz CT molecular complexity index is 516. The van der Waals surface area contributed by atoms with Crippen LogP contribution >= 0.6 is 0 Å². The molecule has 4 nitrogen and oxygen atoms in total. The molecule has 0 radical (unpaired) electrons. The van der Waals surface area contributed by atoms with E-state index in [-0.39, 0.29) is 11.2 Å². The van der Waals surface area contributed by atoms with Crippen LogP contribution in [0.3, 0.4) is 0 Å². The Morgan fingerprint density at radius 1 is 1.17 bits per heavy atom. The molecule has 0 spiro atoms. The molecule has 2 N–H and O–H groups in total. The summed E-state index contributed by atoms with van der Waals surface area (Å²) in [7, 11) is 0. The number of aromatic nitrogens is 1. The van der Waals surface area contributed by atoms with Gasteiger partial charge in [-0.05, 0) is 79.5 Å². The highest BCUT2D eigenvalue weighted by atomic mass is 16.5. The first kappa shape index (κ1) is 19.2. The molecule has 136 valence electrons. The van der Waals surface area contributed by atoms with Gasteiger partial charge in [-0.15, -0.1) is 0 Å². The number of nitrogens with zero attached hydrogens (tertiary/aromatic N) is 2. The Labute approximate surface area is 147 Å².